The third-order valence-electron chi connectivity index (χ3n) is 7.33. The largest absolute Gasteiger partial charge is 0.780 e. The lowest BCUT2D eigenvalue weighted by molar-refractivity contribution is -0.639. The first-order valence-electron chi connectivity index (χ1n) is 10.5. The van der Waals surface area contributed by atoms with Gasteiger partial charge in [-0.1, -0.05) is 35.2 Å². The van der Waals surface area contributed by atoms with Crippen LogP contribution in [-0.2, 0) is 24.9 Å². The highest BCUT2D eigenvalue weighted by Gasteiger charge is 2.75. The fourth-order valence-electron chi connectivity index (χ4n) is 6.23. The van der Waals surface area contributed by atoms with Crippen LogP contribution in [0.4, 0.5) is 0 Å². The molecule has 1 saturated heterocycles. The molecule has 2 bridgehead atoms. The lowest BCUT2D eigenvalue weighted by Gasteiger charge is -2.65. The summed E-state index contributed by atoms with van der Waals surface area (Å²) < 4.78 is 21.8. The molecular formula is C21H24ClO7P-2. The van der Waals surface area contributed by atoms with Crippen molar-refractivity contribution >= 4 is 19.4 Å². The summed E-state index contributed by atoms with van der Waals surface area (Å²) >= 11 is 6.08. The Kier molecular flexibility index (Phi) is 5.10. The van der Waals surface area contributed by atoms with Gasteiger partial charge in [0.05, 0.1) is 5.02 Å². The molecule has 0 amide bonds. The Balaban J connectivity index is 1.61. The summed E-state index contributed by atoms with van der Waals surface area (Å²) in [6.45, 7) is 0. The van der Waals surface area contributed by atoms with Crippen molar-refractivity contribution in [1.82, 2.24) is 0 Å². The Labute approximate surface area is 180 Å². The molecule has 0 radical (unpaired) electrons. The van der Waals surface area contributed by atoms with E-state index < -0.39 is 19.2 Å². The molecule has 4 unspecified atom stereocenters. The normalized spacial score (nSPS) is 35.7. The number of hydrogen-bond acceptors (Lipinski definition) is 7. The van der Waals surface area contributed by atoms with Gasteiger partial charge >= 0.3 is 0 Å². The number of rotatable bonds is 4. The van der Waals surface area contributed by atoms with Gasteiger partial charge in [-0.3, -0.25) is 0 Å². The third-order valence-corrected chi connectivity index (χ3v) is 8.06. The minimum Gasteiger partial charge on any atom is -0.780 e. The maximum atomic E-state index is 11.2. The van der Waals surface area contributed by atoms with Crippen LogP contribution in [0.25, 0.3) is 0 Å². The highest BCUT2D eigenvalue weighted by Crippen LogP contribution is 2.67. The number of phosphoric ester groups is 1. The number of methoxy groups -OCH3 is 1. The minimum atomic E-state index is -5.27. The zero-order valence-corrected chi connectivity index (χ0v) is 18.4. The van der Waals surface area contributed by atoms with Gasteiger partial charge in [-0.05, 0) is 57.1 Å². The van der Waals surface area contributed by atoms with Gasteiger partial charge < -0.3 is 23.6 Å². The maximum absolute atomic E-state index is 11.2. The van der Waals surface area contributed by atoms with Crippen molar-refractivity contribution in [2.75, 3.05) is 7.11 Å². The Morgan fingerprint density at radius 2 is 1.97 bits per heavy atom. The summed E-state index contributed by atoms with van der Waals surface area (Å²) in [5.74, 6) is -1.05. The fraction of sp³-hybridized carbons (Fsp3) is 0.619. The van der Waals surface area contributed by atoms with E-state index in [0.29, 0.717) is 5.56 Å². The van der Waals surface area contributed by atoms with Crippen molar-refractivity contribution in [3.8, 4) is 5.75 Å². The zero-order valence-electron chi connectivity index (χ0n) is 16.7. The molecule has 1 heterocycles. The fourth-order valence-corrected chi connectivity index (χ4v) is 6.83. The molecule has 164 valence electrons. The van der Waals surface area contributed by atoms with Gasteiger partial charge in [0, 0.05) is 24.5 Å². The van der Waals surface area contributed by atoms with E-state index in [1.54, 1.807) is 18.7 Å². The molecular weight excluding hydrogens is 431 g/mol. The topological polar surface area (TPSA) is 100 Å². The Morgan fingerprint density at radius 3 is 2.67 bits per heavy atom. The average molecular weight is 455 g/mol. The van der Waals surface area contributed by atoms with Crippen LogP contribution in [0.3, 0.4) is 0 Å². The number of halogens is 1. The van der Waals surface area contributed by atoms with Gasteiger partial charge in [-0.2, -0.15) is 4.89 Å². The van der Waals surface area contributed by atoms with Gasteiger partial charge in [0.15, 0.2) is 5.60 Å². The summed E-state index contributed by atoms with van der Waals surface area (Å²) in [5, 5.41) is 0.0207. The van der Waals surface area contributed by atoms with Crippen LogP contribution in [-0.4, -0.2) is 12.7 Å². The van der Waals surface area contributed by atoms with Crippen molar-refractivity contribution in [3.05, 3.63) is 39.9 Å². The molecule has 5 rings (SSSR count). The van der Waals surface area contributed by atoms with Crippen molar-refractivity contribution in [1.29, 1.82) is 0 Å². The molecule has 4 aliphatic rings. The van der Waals surface area contributed by atoms with Crippen molar-refractivity contribution in [2.45, 2.75) is 62.8 Å². The highest BCUT2D eigenvalue weighted by atomic mass is 35.5. The number of allylic oxidation sites excluding steroid dienone is 1. The van der Waals surface area contributed by atoms with E-state index in [1.807, 2.05) is 0 Å². The van der Waals surface area contributed by atoms with Crippen LogP contribution in [0.15, 0.2) is 29.3 Å². The molecule has 1 saturated carbocycles. The molecule has 1 aromatic rings. The molecule has 1 aromatic carbocycles. The molecule has 9 heteroatoms. The number of benzene rings is 1. The van der Waals surface area contributed by atoms with Crippen molar-refractivity contribution < 1.29 is 33.4 Å². The molecule has 30 heavy (non-hydrogen) atoms. The summed E-state index contributed by atoms with van der Waals surface area (Å²) in [5.41, 5.74) is 2.89. The van der Waals surface area contributed by atoms with E-state index in [1.165, 1.54) is 30.5 Å². The zero-order chi connectivity index (χ0) is 21.1. The van der Waals surface area contributed by atoms with Gasteiger partial charge in [0.25, 0.3) is 5.79 Å². The summed E-state index contributed by atoms with van der Waals surface area (Å²) in [6.07, 6.45) is 8.74. The smallest absolute Gasteiger partial charge is 0.261 e. The number of fused-ring (bicyclic) bond motifs is 1. The van der Waals surface area contributed by atoms with Gasteiger partial charge in [0.2, 0.25) is 0 Å². The molecule has 1 spiro atoms. The van der Waals surface area contributed by atoms with Crippen LogP contribution in [0.2, 0.25) is 5.02 Å². The summed E-state index contributed by atoms with van der Waals surface area (Å²) in [6, 6.07) is 4.62. The first-order chi connectivity index (χ1) is 14.3. The van der Waals surface area contributed by atoms with E-state index in [0.717, 1.165) is 38.5 Å². The second kappa shape index (κ2) is 7.31. The van der Waals surface area contributed by atoms with E-state index in [9.17, 15) is 14.4 Å². The lowest BCUT2D eigenvalue weighted by Crippen LogP contribution is -2.74. The van der Waals surface area contributed by atoms with E-state index in [-0.39, 0.29) is 22.6 Å². The van der Waals surface area contributed by atoms with Crippen LogP contribution >= 0.6 is 19.4 Å². The molecule has 0 N–H and O–H groups in total. The Morgan fingerprint density at radius 1 is 1.17 bits per heavy atom. The second-order valence-electron chi connectivity index (χ2n) is 8.68. The van der Waals surface area contributed by atoms with Gasteiger partial charge in [-0.15, -0.1) is 0 Å². The monoisotopic (exact) mass is 454 g/mol. The molecule has 2 fully saturated rings. The van der Waals surface area contributed by atoms with Crippen molar-refractivity contribution in [2.24, 2.45) is 11.8 Å². The number of hydrogen-bond donors (Lipinski definition) is 0. The molecule has 1 aliphatic heterocycles. The third kappa shape index (κ3) is 2.95. The van der Waals surface area contributed by atoms with Crippen LogP contribution in [0.1, 0.15) is 56.9 Å². The number of ether oxygens (including phenoxy) is 1. The van der Waals surface area contributed by atoms with Gasteiger partial charge in [-0.25, -0.2) is 4.89 Å². The maximum Gasteiger partial charge on any atom is 0.261 e. The van der Waals surface area contributed by atoms with E-state index >= 15 is 0 Å². The predicted octanol–water partition coefficient (Wildman–Crippen LogP) is 3.74. The Bertz CT molecular complexity index is 939. The van der Waals surface area contributed by atoms with Gasteiger partial charge in [0.1, 0.15) is 13.6 Å². The number of phosphoric acid groups is 1. The van der Waals surface area contributed by atoms with E-state index in [4.69, 9.17) is 26.1 Å². The van der Waals surface area contributed by atoms with Crippen LogP contribution in [0, 0.1) is 11.8 Å². The standard InChI is InChI=1S/C21H26ClO7P/c1-26-21(15-9-10-18(22)19(12-15)27-30(23,24)25)20(28-29-21)14-6-4-8-17(20)16-7-3-2-5-13(16)11-14/h9-10,12,14,17H,2-8,11H2,1H3,(H2,23,24,25)/p-2. The quantitative estimate of drug-likeness (QED) is 0.388. The van der Waals surface area contributed by atoms with Crippen LogP contribution in [0.5, 0.6) is 5.75 Å². The highest BCUT2D eigenvalue weighted by molar-refractivity contribution is 7.43. The molecule has 3 aliphatic carbocycles. The molecule has 4 atom stereocenters. The SMILES string of the molecule is COC1(c2ccc(Cl)c(OP(=O)([O-])[O-])c2)OOC12C1CCCC2C2=C(CCCC2)C1. The molecule has 0 aromatic heterocycles. The average Bonchev–Trinajstić information content (AvgIpc) is 2.69. The second-order valence-corrected chi connectivity index (χ2v) is 10.2. The van der Waals surface area contributed by atoms with Crippen molar-refractivity contribution in [3.63, 3.8) is 0 Å². The first kappa shape index (κ1) is 21.0. The first-order valence-corrected chi connectivity index (χ1v) is 12.3. The van der Waals surface area contributed by atoms with Crippen LogP contribution < -0.4 is 14.3 Å². The summed E-state index contributed by atoms with van der Waals surface area (Å²) in [7, 11) is -3.71. The minimum absolute atomic E-state index is 0.0207. The summed E-state index contributed by atoms with van der Waals surface area (Å²) in [4.78, 5) is 34.1. The molecule has 7 nitrogen and oxygen atoms in total. The lowest BCUT2D eigenvalue weighted by atomic mass is 9.53. The predicted molar refractivity (Wildman–Crippen MR) is 104 cm³/mol. The van der Waals surface area contributed by atoms with E-state index in [2.05, 4.69) is 4.52 Å². The Hall–Kier alpha value is -0.920.